The van der Waals surface area contributed by atoms with E-state index in [9.17, 15) is 9.59 Å². The van der Waals surface area contributed by atoms with Crippen molar-refractivity contribution in [3.63, 3.8) is 0 Å². The van der Waals surface area contributed by atoms with Crippen LogP contribution in [-0.4, -0.2) is 43.3 Å². The molecule has 18 heavy (non-hydrogen) atoms. The molecule has 0 spiro atoms. The Labute approximate surface area is 108 Å². The van der Waals surface area contributed by atoms with E-state index >= 15 is 0 Å². The lowest BCUT2D eigenvalue weighted by molar-refractivity contribution is -0.122. The Morgan fingerprint density at radius 2 is 2.11 bits per heavy atom. The summed E-state index contributed by atoms with van der Waals surface area (Å²) in [6.45, 7) is 6.81. The number of imide groups is 1. The van der Waals surface area contributed by atoms with Crippen molar-refractivity contribution in [3.8, 4) is 0 Å². The van der Waals surface area contributed by atoms with Crippen molar-refractivity contribution < 1.29 is 14.3 Å². The third kappa shape index (κ3) is 4.62. The van der Waals surface area contributed by atoms with Gasteiger partial charge in [0.05, 0.1) is 12.1 Å². The second kappa shape index (κ2) is 7.33. The number of carbonyl (C=O) groups excluding carboxylic acids is 2. The molecule has 0 aromatic carbocycles. The number of carbonyl (C=O) groups is 2. The van der Waals surface area contributed by atoms with E-state index in [-0.39, 0.29) is 18.1 Å². The van der Waals surface area contributed by atoms with Gasteiger partial charge >= 0.3 is 6.03 Å². The van der Waals surface area contributed by atoms with E-state index in [4.69, 9.17) is 4.74 Å². The van der Waals surface area contributed by atoms with Gasteiger partial charge < -0.3 is 15.4 Å². The minimum absolute atomic E-state index is 0.0995. The molecule has 0 aromatic heterocycles. The van der Waals surface area contributed by atoms with Crippen LogP contribution in [0.2, 0.25) is 0 Å². The highest BCUT2D eigenvalue weighted by atomic mass is 16.5. The molecule has 0 aliphatic carbocycles. The van der Waals surface area contributed by atoms with Crippen molar-refractivity contribution in [3.05, 3.63) is 0 Å². The summed E-state index contributed by atoms with van der Waals surface area (Å²) < 4.78 is 5.54. The van der Waals surface area contributed by atoms with Crippen LogP contribution < -0.4 is 16.0 Å². The van der Waals surface area contributed by atoms with Crippen molar-refractivity contribution in [2.45, 2.75) is 51.8 Å². The first-order valence-corrected chi connectivity index (χ1v) is 6.51. The number of rotatable bonds is 5. The van der Waals surface area contributed by atoms with Gasteiger partial charge in [-0.05, 0) is 33.6 Å². The van der Waals surface area contributed by atoms with Crippen molar-refractivity contribution in [1.29, 1.82) is 0 Å². The molecular formula is C12H23N3O3. The SMILES string of the molecule is CCNC(=O)NC(=O)C(C)NC(C)C1CCCO1. The molecular weight excluding hydrogens is 234 g/mol. The summed E-state index contributed by atoms with van der Waals surface area (Å²) in [6, 6.07) is -0.782. The molecule has 0 aromatic rings. The van der Waals surface area contributed by atoms with Gasteiger partial charge in [-0.3, -0.25) is 10.1 Å². The zero-order valence-electron chi connectivity index (χ0n) is 11.3. The van der Waals surface area contributed by atoms with Crippen LogP contribution in [0.5, 0.6) is 0 Å². The minimum atomic E-state index is -0.457. The summed E-state index contributed by atoms with van der Waals surface area (Å²) in [4.78, 5) is 22.9. The predicted molar refractivity (Wildman–Crippen MR) is 68.2 cm³/mol. The average molecular weight is 257 g/mol. The number of ether oxygens (including phenoxy) is 1. The quantitative estimate of drug-likeness (QED) is 0.665. The van der Waals surface area contributed by atoms with Crippen LogP contribution in [0.25, 0.3) is 0 Å². The second-order valence-electron chi connectivity index (χ2n) is 4.58. The van der Waals surface area contributed by atoms with Crippen molar-refractivity contribution in [1.82, 2.24) is 16.0 Å². The molecule has 1 heterocycles. The molecule has 0 bridgehead atoms. The molecule has 1 saturated heterocycles. The highest BCUT2D eigenvalue weighted by Crippen LogP contribution is 2.15. The van der Waals surface area contributed by atoms with E-state index in [1.165, 1.54) is 0 Å². The van der Waals surface area contributed by atoms with Crippen LogP contribution in [0, 0.1) is 0 Å². The predicted octanol–water partition coefficient (Wildman–Crippen LogP) is 0.378. The van der Waals surface area contributed by atoms with Gasteiger partial charge in [0.2, 0.25) is 5.91 Å². The fourth-order valence-corrected chi connectivity index (χ4v) is 2.00. The van der Waals surface area contributed by atoms with Crippen LogP contribution in [0.4, 0.5) is 4.79 Å². The van der Waals surface area contributed by atoms with E-state index in [0.717, 1.165) is 19.4 Å². The maximum Gasteiger partial charge on any atom is 0.321 e. The zero-order valence-corrected chi connectivity index (χ0v) is 11.3. The monoisotopic (exact) mass is 257 g/mol. The van der Waals surface area contributed by atoms with Gasteiger partial charge in [0.15, 0.2) is 0 Å². The largest absolute Gasteiger partial charge is 0.377 e. The summed E-state index contributed by atoms with van der Waals surface area (Å²) in [5, 5.41) is 7.95. The van der Waals surface area contributed by atoms with E-state index in [1.807, 2.05) is 6.92 Å². The van der Waals surface area contributed by atoms with Gasteiger partial charge in [0, 0.05) is 19.2 Å². The molecule has 1 fully saturated rings. The lowest BCUT2D eigenvalue weighted by Crippen LogP contribution is -2.52. The second-order valence-corrected chi connectivity index (χ2v) is 4.58. The van der Waals surface area contributed by atoms with Gasteiger partial charge in [-0.2, -0.15) is 0 Å². The summed E-state index contributed by atoms with van der Waals surface area (Å²) in [6.07, 6.45) is 2.24. The molecule has 6 nitrogen and oxygen atoms in total. The highest BCUT2D eigenvalue weighted by Gasteiger charge is 2.25. The number of amides is 3. The molecule has 3 N–H and O–H groups in total. The Morgan fingerprint density at radius 1 is 1.39 bits per heavy atom. The highest BCUT2D eigenvalue weighted by molar-refractivity contribution is 5.96. The van der Waals surface area contributed by atoms with E-state index in [1.54, 1.807) is 13.8 Å². The maximum absolute atomic E-state index is 11.7. The smallest absolute Gasteiger partial charge is 0.321 e. The lowest BCUT2D eigenvalue weighted by Gasteiger charge is -2.23. The van der Waals surface area contributed by atoms with Crippen molar-refractivity contribution >= 4 is 11.9 Å². The summed E-state index contributed by atoms with van der Waals surface area (Å²) in [5.41, 5.74) is 0. The number of hydrogen-bond donors (Lipinski definition) is 3. The normalized spacial score (nSPS) is 22.3. The fourth-order valence-electron chi connectivity index (χ4n) is 2.00. The zero-order chi connectivity index (χ0) is 13.5. The van der Waals surface area contributed by atoms with Crippen molar-refractivity contribution in [2.75, 3.05) is 13.2 Å². The molecule has 104 valence electrons. The molecule has 0 radical (unpaired) electrons. The molecule has 1 aliphatic rings. The van der Waals surface area contributed by atoms with Crippen LogP contribution in [-0.2, 0) is 9.53 Å². The summed E-state index contributed by atoms with van der Waals surface area (Å²) in [7, 11) is 0. The van der Waals surface area contributed by atoms with Crippen LogP contribution in [0.15, 0.2) is 0 Å². The number of hydrogen-bond acceptors (Lipinski definition) is 4. The molecule has 6 heteroatoms. The third-order valence-corrected chi connectivity index (χ3v) is 3.00. The van der Waals surface area contributed by atoms with E-state index in [2.05, 4.69) is 16.0 Å². The molecule has 1 aliphatic heterocycles. The Kier molecular flexibility index (Phi) is 6.07. The number of nitrogens with one attached hydrogen (secondary N) is 3. The Balaban J connectivity index is 2.32. The average Bonchev–Trinajstić information content (AvgIpc) is 2.82. The first kappa shape index (κ1) is 14.9. The fraction of sp³-hybridized carbons (Fsp3) is 0.833. The van der Waals surface area contributed by atoms with Crippen molar-refractivity contribution in [2.24, 2.45) is 0 Å². The minimum Gasteiger partial charge on any atom is -0.377 e. The Bertz CT molecular complexity index is 290. The van der Waals surface area contributed by atoms with Crippen LogP contribution >= 0.6 is 0 Å². The first-order valence-electron chi connectivity index (χ1n) is 6.51. The maximum atomic E-state index is 11.7. The molecule has 3 unspecified atom stereocenters. The van der Waals surface area contributed by atoms with E-state index < -0.39 is 12.1 Å². The van der Waals surface area contributed by atoms with Gasteiger partial charge in [-0.15, -0.1) is 0 Å². The topological polar surface area (TPSA) is 79.5 Å². The van der Waals surface area contributed by atoms with Gasteiger partial charge in [0.25, 0.3) is 0 Å². The number of urea groups is 1. The molecule has 1 rings (SSSR count). The Morgan fingerprint density at radius 3 is 2.67 bits per heavy atom. The molecule has 3 amide bonds. The van der Waals surface area contributed by atoms with Gasteiger partial charge in [0.1, 0.15) is 0 Å². The standard InChI is InChI=1S/C12H23N3O3/c1-4-13-12(17)15-11(16)9(3)14-8(2)10-6-5-7-18-10/h8-10,14H,4-7H2,1-3H3,(H2,13,15,16,17). The third-order valence-electron chi connectivity index (χ3n) is 3.00. The Hall–Kier alpha value is -1.14. The van der Waals surface area contributed by atoms with Crippen LogP contribution in [0.1, 0.15) is 33.6 Å². The molecule has 0 saturated carbocycles. The summed E-state index contributed by atoms with van der Waals surface area (Å²) in [5.74, 6) is -0.328. The lowest BCUT2D eigenvalue weighted by atomic mass is 10.1. The summed E-state index contributed by atoms with van der Waals surface area (Å²) >= 11 is 0. The first-order chi connectivity index (χ1) is 8.54. The van der Waals surface area contributed by atoms with E-state index in [0.29, 0.717) is 6.54 Å². The van der Waals surface area contributed by atoms with Gasteiger partial charge in [-0.25, -0.2) is 4.79 Å². The molecule has 3 atom stereocenters. The van der Waals surface area contributed by atoms with Gasteiger partial charge in [-0.1, -0.05) is 0 Å². The van der Waals surface area contributed by atoms with Crippen LogP contribution in [0.3, 0.4) is 0 Å².